The fourth-order valence-corrected chi connectivity index (χ4v) is 3.00. The Labute approximate surface area is 108 Å². The second kappa shape index (κ2) is 7.38. The summed E-state index contributed by atoms with van der Waals surface area (Å²) in [6, 6.07) is 0.856. The maximum Gasteiger partial charge on any atom is 0.00954 e. The van der Waals surface area contributed by atoms with Crippen LogP contribution < -0.4 is 5.32 Å². The van der Waals surface area contributed by atoms with Gasteiger partial charge in [0.1, 0.15) is 0 Å². The molecule has 1 rings (SSSR count). The summed E-state index contributed by atoms with van der Waals surface area (Å²) in [7, 11) is 0. The number of nitrogens with zero attached hydrogens (tertiary/aromatic N) is 1. The number of nitrogens with one attached hydrogen (secondary N) is 1. The monoisotopic (exact) mass is 240 g/mol. The first-order valence-electron chi connectivity index (χ1n) is 7.54. The van der Waals surface area contributed by atoms with E-state index in [4.69, 9.17) is 0 Å². The molecule has 0 aliphatic carbocycles. The van der Waals surface area contributed by atoms with Gasteiger partial charge in [0.15, 0.2) is 0 Å². The van der Waals surface area contributed by atoms with Crippen molar-refractivity contribution in [1.82, 2.24) is 10.2 Å². The highest BCUT2D eigenvalue weighted by atomic mass is 15.2. The van der Waals surface area contributed by atoms with Crippen molar-refractivity contribution < 1.29 is 0 Å². The van der Waals surface area contributed by atoms with Gasteiger partial charge in [-0.3, -0.25) is 4.90 Å². The third-order valence-electron chi connectivity index (χ3n) is 3.86. The minimum atomic E-state index is 0.402. The summed E-state index contributed by atoms with van der Waals surface area (Å²) >= 11 is 0. The third kappa shape index (κ3) is 5.39. The van der Waals surface area contributed by atoms with E-state index in [9.17, 15) is 0 Å². The molecule has 0 aromatic carbocycles. The maximum absolute atomic E-state index is 3.50. The molecule has 0 saturated carbocycles. The second-order valence-electron chi connectivity index (χ2n) is 6.35. The lowest BCUT2D eigenvalue weighted by atomic mass is 9.89. The Hall–Kier alpha value is -0.0800. The number of rotatable bonds is 7. The van der Waals surface area contributed by atoms with Crippen molar-refractivity contribution in [3.8, 4) is 0 Å². The van der Waals surface area contributed by atoms with Gasteiger partial charge < -0.3 is 5.32 Å². The van der Waals surface area contributed by atoms with E-state index in [1.165, 1.54) is 45.2 Å². The zero-order valence-electron chi connectivity index (χ0n) is 12.4. The first-order chi connectivity index (χ1) is 8.09. The number of piperidine rings is 1. The van der Waals surface area contributed by atoms with E-state index in [0.717, 1.165) is 19.1 Å². The summed E-state index contributed by atoms with van der Waals surface area (Å²) in [5.74, 6) is 0. The molecule has 2 nitrogen and oxygen atoms in total. The quantitative estimate of drug-likeness (QED) is 0.735. The van der Waals surface area contributed by atoms with Crippen LogP contribution in [0.2, 0.25) is 0 Å². The SMILES string of the molecule is CCCC1CCCCN1CC(C)(C)CNCC. The predicted octanol–water partition coefficient (Wildman–Crippen LogP) is 3.28. The molecule has 0 radical (unpaired) electrons. The molecule has 0 spiro atoms. The van der Waals surface area contributed by atoms with Crippen molar-refractivity contribution in [3.05, 3.63) is 0 Å². The molecule has 1 unspecified atom stereocenters. The van der Waals surface area contributed by atoms with Crippen molar-refractivity contribution >= 4 is 0 Å². The predicted molar refractivity (Wildman–Crippen MR) is 76.4 cm³/mol. The van der Waals surface area contributed by atoms with Gasteiger partial charge in [0.2, 0.25) is 0 Å². The van der Waals surface area contributed by atoms with Crippen LogP contribution in [-0.2, 0) is 0 Å². The lowest BCUT2D eigenvalue weighted by molar-refractivity contribution is 0.0898. The fourth-order valence-electron chi connectivity index (χ4n) is 3.00. The summed E-state index contributed by atoms with van der Waals surface area (Å²) in [4.78, 5) is 2.75. The van der Waals surface area contributed by atoms with Gasteiger partial charge in [-0.05, 0) is 37.8 Å². The summed E-state index contributed by atoms with van der Waals surface area (Å²) in [5, 5.41) is 3.50. The molecule has 1 saturated heterocycles. The zero-order chi connectivity index (χ0) is 12.7. The van der Waals surface area contributed by atoms with Crippen LogP contribution in [0, 0.1) is 5.41 Å². The van der Waals surface area contributed by atoms with Crippen molar-refractivity contribution in [2.45, 2.75) is 65.8 Å². The molecule has 0 bridgehead atoms. The van der Waals surface area contributed by atoms with E-state index < -0.39 is 0 Å². The van der Waals surface area contributed by atoms with Gasteiger partial charge in [-0.1, -0.05) is 40.5 Å². The minimum Gasteiger partial charge on any atom is -0.316 e. The van der Waals surface area contributed by atoms with Crippen LogP contribution >= 0.6 is 0 Å². The van der Waals surface area contributed by atoms with E-state index in [1.807, 2.05) is 0 Å². The molecule has 1 N–H and O–H groups in total. The van der Waals surface area contributed by atoms with E-state index in [2.05, 4.69) is 37.9 Å². The Bertz CT molecular complexity index is 199. The van der Waals surface area contributed by atoms with Crippen LogP contribution in [0.25, 0.3) is 0 Å². The molecular weight excluding hydrogens is 208 g/mol. The van der Waals surface area contributed by atoms with Crippen LogP contribution in [0.15, 0.2) is 0 Å². The lowest BCUT2D eigenvalue weighted by Gasteiger charge is -2.40. The molecule has 1 atom stereocenters. The van der Waals surface area contributed by atoms with Crippen molar-refractivity contribution in [2.75, 3.05) is 26.2 Å². The van der Waals surface area contributed by atoms with Gasteiger partial charge in [-0.2, -0.15) is 0 Å². The lowest BCUT2D eigenvalue weighted by Crippen LogP contribution is -2.47. The molecule has 102 valence electrons. The average Bonchev–Trinajstić information content (AvgIpc) is 2.29. The van der Waals surface area contributed by atoms with E-state index in [0.29, 0.717) is 5.41 Å². The molecule has 2 heteroatoms. The number of hydrogen-bond donors (Lipinski definition) is 1. The van der Waals surface area contributed by atoms with E-state index in [1.54, 1.807) is 0 Å². The smallest absolute Gasteiger partial charge is 0.00954 e. The molecule has 1 aliphatic rings. The maximum atomic E-state index is 3.50. The van der Waals surface area contributed by atoms with E-state index >= 15 is 0 Å². The Balaban J connectivity index is 2.45. The second-order valence-corrected chi connectivity index (χ2v) is 6.35. The molecule has 1 fully saturated rings. The van der Waals surface area contributed by atoms with Gasteiger partial charge in [0, 0.05) is 19.1 Å². The topological polar surface area (TPSA) is 15.3 Å². The van der Waals surface area contributed by atoms with Gasteiger partial charge >= 0.3 is 0 Å². The molecule has 0 aromatic rings. The van der Waals surface area contributed by atoms with Crippen LogP contribution in [0.4, 0.5) is 0 Å². The largest absolute Gasteiger partial charge is 0.316 e. The van der Waals surface area contributed by atoms with Gasteiger partial charge in [0.05, 0.1) is 0 Å². The van der Waals surface area contributed by atoms with Crippen molar-refractivity contribution in [1.29, 1.82) is 0 Å². The van der Waals surface area contributed by atoms with Gasteiger partial charge in [0.25, 0.3) is 0 Å². The summed E-state index contributed by atoms with van der Waals surface area (Å²) in [6.45, 7) is 14.1. The van der Waals surface area contributed by atoms with Gasteiger partial charge in [-0.15, -0.1) is 0 Å². The Kier molecular flexibility index (Phi) is 6.50. The normalized spacial score (nSPS) is 22.9. The van der Waals surface area contributed by atoms with Crippen LogP contribution in [-0.4, -0.2) is 37.1 Å². The van der Waals surface area contributed by atoms with Gasteiger partial charge in [-0.25, -0.2) is 0 Å². The van der Waals surface area contributed by atoms with E-state index in [-0.39, 0.29) is 0 Å². The minimum absolute atomic E-state index is 0.402. The Morgan fingerprint density at radius 1 is 1.24 bits per heavy atom. The average molecular weight is 240 g/mol. The first kappa shape index (κ1) is 15.0. The molecule has 17 heavy (non-hydrogen) atoms. The summed E-state index contributed by atoms with van der Waals surface area (Å²) < 4.78 is 0. The molecular formula is C15H32N2. The molecule has 1 heterocycles. The zero-order valence-corrected chi connectivity index (χ0v) is 12.4. The van der Waals surface area contributed by atoms with Crippen molar-refractivity contribution in [2.24, 2.45) is 5.41 Å². The highest BCUT2D eigenvalue weighted by Gasteiger charge is 2.27. The Morgan fingerprint density at radius 3 is 2.65 bits per heavy atom. The molecule has 0 amide bonds. The standard InChI is InChI=1S/C15H32N2/c1-5-9-14-10-7-8-11-17(14)13-15(3,4)12-16-6-2/h14,16H,5-13H2,1-4H3. The Morgan fingerprint density at radius 2 is 2.00 bits per heavy atom. The summed E-state index contributed by atoms with van der Waals surface area (Å²) in [5.41, 5.74) is 0.402. The number of likely N-dealkylation sites (tertiary alicyclic amines) is 1. The van der Waals surface area contributed by atoms with Crippen LogP contribution in [0.5, 0.6) is 0 Å². The molecule has 0 aromatic heterocycles. The van der Waals surface area contributed by atoms with Crippen LogP contribution in [0.1, 0.15) is 59.8 Å². The van der Waals surface area contributed by atoms with Crippen LogP contribution in [0.3, 0.4) is 0 Å². The molecule has 1 aliphatic heterocycles. The summed E-state index contributed by atoms with van der Waals surface area (Å²) in [6.07, 6.45) is 6.98. The fraction of sp³-hybridized carbons (Fsp3) is 1.00. The highest BCUT2D eigenvalue weighted by molar-refractivity contribution is 4.83. The van der Waals surface area contributed by atoms with Crippen molar-refractivity contribution in [3.63, 3.8) is 0 Å². The highest BCUT2D eigenvalue weighted by Crippen LogP contribution is 2.25. The third-order valence-corrected chi connectivity index (χ3v) is 3.86. The number of hydrogen-bond acceptors (Lipinski definition) is 2. The first-order valence-corrected chi connectivity index (χ1v) is 7.54.